The molecule has 0 bridgehead atoms. The third-order valence-electron chi connectivity index (χ3n) is 5.49. The van der Waals surface area contributed by atoms with E-state index in [4.69, 9.17) is 0 Å². The van der Waals surface area contributed by atoms with Crippen molar-refractivity contribution >= 4 is 5.91 Å². The van der Waals surface area contributed by atoms with E-state index in [1.807, 2.05) is 11.0 Å². The van der Waals surface area contributed by atoms with Crippen LogP contribution in [0, 0.1) is 13.8 Å². The summed E-state index contributed by atoms with van der Waals surface area (Å²) in [6.45, 7) is 13.2. The molecule has 1 atom stereocenters. The first-order valence-corrected chi connectivity index (χ1v) is 9.28. The van der Waals surface area contributed by atoms with Crippen LogP contribution in [0.25, 0.3) is 0 Å². The maximum atomic E-state index is 13.0. The second kappa shape index (κ2) is 7.44. The molecule has 134 valence electrons. The van der Waals surface area contributed by atoms with Crippen LogP contribution < -0.4 is 0 Å². The predicted molar refractivity (Wildman–Crippen MR) is 102 cm³/mol. The Morgan fingerprint density at radius 3 is 2.32 bits per heavy atom. The summed E-state index contributed by atoms with van der Waals surface area (Å²) in [5.74, 6) is 0.176. The summed E-state index contributed by atoms with van der Waals surface area (Å²) in [5, 5.41) is 0. The molecule has 2 heterocycles. The molecule has 0 N–H and O–H groups in total. The molecule has 1 saturated heterocycles. The second-order valence-corrected chi connectivity index (χ2v) is 6.97. The zero-order chi connectivity index (χ0) is 18.0. The van der Waals surface area contributed by atoms with Crippen molar-refractivity contribution < 1.29 is 4.79 Å². The van der Waals surface area contributed by atoms with Crippen LogP contribution in [-0.2, 0) is 0 Å². The van der Waals surface area contributed by atoms with Gasteiger partial charge in [-0.15, -0.1) is 0 Å². The van der Waals surface area contributed by atoms with Gasteiger partial charge in [0.25, 0.3) is 5.91 Å². The van der Waals surface area contributed by atoms with Crippen LogP contribution in [0.3, 0.4) is 0 Å². The number of piperazine rings is 1. The Labute approximate surface area is 151 Å². The van der Waals surface area contributed by atoms with Crippen LogP contribution in [0.5, 0.6) is 0 Å². The topological polar surface area (TPSA) is 28.5 Å². The number of rotatable bonds is 4. The second-order valence-electron chi connectivity index (χ2n) is 6.97. The summed E-state index contributed by atoms with van der Waals surface area (Å²) in [5.41, 5.74) is 4.33. The molecular formula is C21H29N3O. The van der Waals surface area contributed by atoms with Gasteiger partial charge in [-0.05, 0) is 38.9 Å². The first kappa shape index (κ1) is 17.7. The van der Waals surface area contributed by atoms with Crippen molar-refractivity contribution in [3.05, 3.63) is 58.9 Å². The molecule has 1 aliphatic rings. The van der Waals surface area contributed by atoms with E-state index in [0.717, 1.165) is 49.7 Å². The predicted octanol–water partition coefficient (Wildman–Crippen LogP) is 3.49. The fourth-order valence-electron chi connectivity index (χ4n) is 3.91. The Balaban J connectivity index is 1.83. The summed E-state index contributed by atoms with van der Waals surface area (Å²) >= 11 is 0. The van der Waals surface area contributed by atoms with Crippen molar-refractivity contribution in [1.29, 1.82) is 0 Å². The van der Waals surface area contributed by atoms with Crippen LogP contribution in [0.4, 0.5) is 0 Å². The van der Waals surface area contributed by atoms with Crippen LogP contribution in [0.1, 0.15) is 47.2 Å². The van der Waals surface area contributed by atoms with Gasteiger partial charge in [0.1, 0.15) is 0 Å². The molecule has 0 saturated carbocycles. The maximum Gasteiger partial charge on any atom is 0.255 e. The van der Waals surface area contributed by atoms with E-state index in [-0.39, 0.29) is 11.9 Å². The number of amides is 1. The van der Waals surface area contributed by atoms with Gasteiger partial charge >= 0.3 is 0 Å². The lowest BCUT2D eigenvalue weighted by Gasteiger charge is -2.34. The Hall–Kier alpha value is -2.07. The quantitative estimate of drug-likeness (QED) is 0.853. The Kier molecular flexibility index (Phi) is 5.28. The van der Waals surface area contributed by atoms with Crippen molar-refractivity contribution in [2.45, 2.75) is 33.7 Å². The van der Waals surface area contributed by atoms with Gasteiger partial charge in [-0.1, -0.05) is 37.3 Å². The molecule has 1 aromatic carbocycles. The van der Waals surface area contributed by atoms with Crippen molar-refractivity contribution in [1.82, 2.24) is 14.4 Å². The normalized spacial score (nSPS) is 16.9. The third kappa shape index (κ3) is 3.49. The molecule has 1 fully saturated rings. The standard InChI is InChI=1S/C21H29N3O/c1-5-22-11-13-23(14-12-22)21(25)20-15-16(2)24(18(20)4)17(3)19-9-7-6-8-10-19/h6-10,15,17H,5,11-14H2,1-4H3. The van der Waals surface area contributed by atoms with E-state index in [1.54, 1.807) is 0 Å². The highest BCUT2D eigenvalue weighted by atomic mass is 16.2. The van der Waals surface area contributed by atoms with Gasteiger partial charge in [0.15, 0.2) is 0 Å². The Morgan fingerprint density at radius 2 is 1.72 bits per heavy atom. The molecule has 0 radical (unpaired) electrons. The summed E-state index contributed by atoms with van der Waals surface area (Å²) in [7, 11) is 0. The molecule has 1 aromatic heterocycles. The fraction of sp³-hybridized carbons (Fsp3) is 0.476. The lowest BCUT2D eigenvalue weighted by Crippen LogP contribution is -2.48. The van der Waals surface area contributed by atoms with Gasteiger partial charge in [-0.2, -0.15) is 0 Å². The number of hydrogen-bond acceptors (Lipinski definition) is 2. The third-order valence-corrected chi connectivity index (χ3v) is 5.49. The summed E-state index contributed by atoms with van der Waals surface area (Å²) < 4.78 is 2.28. The molecular weight excluding hydrogens is 310 g/mol. The molecule has 4 heteroatoms. The zero-order valence-corrected chi connectivity index (χ0v) is 15.8. The molecule has 1 unspecified atom stereocenters. The van der Waals surface area contributed by atoms with E-state index >= 15 is 0 Å². The largest absolute Gasteiger partial charge is 0.341 e. The molecule has 25 heavy (non-hydrogen) atoms. The van der Waals surface area contributed by atoms with Crippen LogP contribution >= 0.6 is 0 Å². The van der Waals surface area contributed by atoms with Crippen molar-refractivity contribution in [2.75, 3.05) is 32.7 Å². The van der Waals surface area contributed by atoms with Gasteiger partial charge in [0.05, 0.1) is 11.6 Å². The lowest BCUT2D eigenvalue weighted by molar-refractivity contribution is 0.0642. The Morgan fingerprint density at radius 1 is 1.08 bits per heavy atom. The molecule has 0 aliphatic carbocycles. The van der Waals surface area contributed by atoms with Crippen LogP contribution in [-0.4, -0.2) is 53.0 Å². The number of benzene rings is 1. The average molecular weight is 339 g/mol. The van der Waals surface area contributed by atoms with Crippen molar-refractivity contribution in [3.8, 4) is 0 Å². The van der Waals surface area contributed by atoms with Gasteiger partial charge in [0.2, 0.25) is 0 Å². The zero-order valence-electron chi connectivity index (χ0n) is 15.8. The van der Waals surface area contributed by atoms with E-state index in [9.17, 15) is 4.79 Å². The maximum absolute atomic E-state index is 13.0. The van der Waals surface area contributed by atoms with Gasteiger partial charge in [-0.25, -0.2) is 0 Å². The number of nitrogens with zero attached hydrogens (tertiary/aromatic N) is 3. The van der Waals surface area contributed by atoms with Gasteiger partial charge in [0, 0.05) is 37.6 Å². The van der Waals surface area contributed by atoms with Gasteiger partial charge in [-0.3, -0.25) is 4.79 Å². The smallest absolute Gasteiger partial charge is 0.255 e. The van der Waals surface area contributed by atoms with E-state index in [2.05, 4.69) is 67.5 Å². The SMILES string of the molecule is CCN1CCN(C(=O)c2cc(C)n(C(C)c3ccccc3)c2C)CC1. The highest BCUT2D eigenvalue weighted by molar-refractivity contribution is 5.95. The van der Waals surface area contributed by atoms with E-state index in [0.29, 0.717) is 0 Å². The molecule has 0 spiro atoms. The number of carbonyl (C=O) groups is 1. The molecule has 1 amide bonds. The number of carbonyl (C=O) groups excluding carboxylic acids is 1. The summed E-state index contributed by atoms with van der Waals surface area (Å²) in [6, 6.07) is 12.8. The van der Waals surface area contributed by atoms with E-state index < -0.39 is 0 Å². The highest BCUT2D eigenvalue weighted by Gasteiger charge is 2.25. The minimum absolute atomic E-state index is 0.176. The summed E-state index contributed by atoms with van der Waals surface area (Å²) in [6.07, 6.45) is 0. The highest BCUT2D eigenvalue weighted by Crippen LogP contribution is 2.26. The number of aromatic nitrogens is 1. The van der Waals surface area contributed by atoms with Crippen LogP contribution in [0.15, 0.2) is 36.4 Å². The number of aryl methyl sites for hydroxylation is 1. The minimum Gasteiger partial charge on any atom is -0.341 e. The van der Waals surface area contributed by atoms with Crippen molar-refractivity contribution in [2.24, 2.45) is 0 Å². The minimum atomic E-state index is 0.176. The lowest BCUT2D eigenvalue weighted by atomic mass is 10.1. The molecule has 3 rings (SSSR count). The van der Waals surface area contributed by atoms with E-state index in [1.165, 1.54) is 5.56 Å². The Bertz CT molecular complexity index is 727. The molecule has 4 nitrogen and oxygen atoms in total. The fourth-order valence-corrected chi connectivity index (χ4v) is 3.91. The number of hydrogen-bond donors (Lipinski definition) is 0. The van der Waals surface area contributed by atoms with Gasteiger partial charge < -0.3 is 14.4 Å². The monoisotopic (exact) mass is 339 g/mol. The molecule has 1 aliphatic heterocycles. The summed E-state index contributed by atoms with van der Waals surface area (Å²) in [4.78, 5) is 17.4. The van der Waals surface area contributed by atoms with Crippen LogP contribution in [0.2, 0.25) is 0 Å². The first-order valence-electron chi connectivity index (χ1n) is 9.28. The number of likely N-dealkylation sites (N-methyl/N-ethyl adjacent to an activating group) is 1. The molecule has 2 aromatic rings. The first-order chi connectivity index (χ1) is 12.0. The van der Waals surface area contributed by atoms with Crippen molar-refractivity contribution in [3.63, 3.8) is 0 Å². The average Bonchev–Trinajstić information content (AvgIpc) is 2.95.